The highest BCUT2D eigenvalue weighted by atomic mass is 16.5. The summed E-state index contributed by atoms with van der Waals surface area (Å²) in [7, 11) is 1.66. The first-order chi connectivity index (χ1) is 8.25. The Morgan fingerprint density at radius 1 is 1.29 bits per heavy atom. The Morgan fingerprint density at radius 2 is 2.06 bits per heavy atom. The number of rotatable bonds is 10. The lowest BCUT2D eigenvalue weighted by Gasteiger charge is -2.12. The normalized spacial score (nSPS) is 16.8. The van der Waals surface area contributed by atoms with E-state index in [-0.39, 0.29) is 11.3 Å². The van der Waals surface area contributed by atoms with Gasteiger partial charge in [0, 0.05) is 26.8 Å². The first-order valence-corrected chi connectivity index (χ1v) is 6.30. The summed E-state index contributed by atoms with van der Waals surface area (Å²) in [5, 5.41) is 2.94. The molecule has 0 atom stereocenters. The fourth-order valence-electron chi connectivity index (χ4n) is 1.64. The van der Waals surface area contributed by atoms with Crippen LogP contribution in [0.25, 0.3) is 0 Å². The van der Waals surface area contributed by atoms with Crippen molar-refractivity contribution >= 4 is 5.91 Å². The molecule has 0 heterocycles. The summed E-state index contributed by atoms with van der Waals surface area (Å²) >= 11 is 0. The van der Waals surface area contributed by atoms with Crippen LogP contribution in [0.1, 0.15) is 25.7 Å². The molecule has 0 aromatic carbocycles. The second kappa shape index (κ2) is 7.63. The third-order valence-corrected chi connectivity index (χ3v) is 3.16. The summed E-state index contributed by atoms with van der Waals surface area (Å²) in [6, 6.07) is 0. The minimum absolute atomic E-state index is 0.125. The van der Waals surface area contributed by atoms with Crippen molar-refractivity contribution in [3.63, 3.8) is 0 Å². The van der Waals surface area contributed by atoms with Gasteiger partial charge in [-0.15, -0.1) is 0 Å². The second-order valence-electron chi connectivity index (χ2n) is 4.55. The van der Waals surface area contributed by atoms with E-state index in [4.69, 9.17) is 15.2 Å². The molecule has 0 aliphatic heterocycles. The summed E-state index contributed by atoms with van der Waals surface area (Å²) in [4.78, 5) is 11.7. The lowest BCUT2D eigenvalue weighted by molar-refractivity contribution is -0.125. The molecule has 1 rings (SSSR count). The van der Waals surface area contributed by atoms with Crippen molar-refractivity contribution in [1.82, 2.24) is 5.32 Å². The topological polar surface area (TPSA) is 73.6 Å². The summed E-state index contributed by atoms with van der Waals surface area (Å²) < 4.78 is 10.2. The van der Waals surface area contributed by atoms with Gasteiger partial charge >= 0.3 is 0 Å². The average molecular weight is 244 g/mol. The molecule has 1 fully saturated rings. The standard InChI is InChI=1S/C12H24N2O3/c1-16-8-9-17-7-3-2-6-14-11(15)12(10-13)4-5-12/h2-10,13H2,1H3,(H,14,15). The largest absolute Gasteiger partial charge is 0.382 e. The van der Waals surface area contributed by atoms with E-state index in [2.05, 4.69) is 5.32 Å². The van der Waals surface area contributed by atoms with Crippen molar-refractivity contribution in [3.05, 3.63) is 0 Å². The molecular formula is C12H24N2O3. The van der Waals surface area contributed by atoms with Gasteiger partial charge in [-0.2, -0.15) is 0 Å². The highest BCUT2D eigenvalue weighted by molar-refractivity contribution is 5.85. The number of nitrogens with one attached hydrogen (secondary N) is 1. The van der Waals surface area contributed by atoms with E-state index in [1.807, 2.05) is 0 Å². The minimum Gasteiger partial charge on any atom is -0.382 e. The highest BCUT2D eigenvalue weighted by Crippen LogP contribution is 2.44. The van der Waals surface area contributed by atoms with E-state index >= 15 is 0 Å². The van der Waals surface area contributed by atoms with Crippen LogP contribution in [-0.2, 0) is 14.3 Å². The van der Waals surface area contributed by atoms with Gasteiger partial charge < -0.3 is 20.5 Å². The van der Waals surface area contributed by atoms with Gasteiger partial charge in [-0.05, 0) is 25.7 Å². The SMILES string of the molecule is COCCOCCCCNC(=O)C1(CN)CC1. The molecule has 0 radical (unpaired) electrons. The number of carbonyl (C=O) groups excluding carboxylic acids is 1. The molecule has 1 aliphatic carbocycles. The van der Waals surface area contributed by atoms with E-state index in [1.165, 1.54) is 0 Å². The predicted octanol–water partition coefficient (Wildman–Crippen LogP) is 0.285. The third kappa shape index (κ3) is 5.02. The zero-order chi connectivity index (χ0) is 12.6. The number of unbranched alkanes of at least 4 members (excludes halogenated alkanes) is 1. The van der Waals surface area contributed by atoms with Crippen molar-refractivity contribution in [2.45, 2.75) is 25.7 Å². The molecule has 5 heteroatoms. The Morgan fingerprint density at radius 3 is 2.65 bits per heavy atom. The molecule has 0 bridgehead atoms. The van der Waals surface area contributed by atoms with E-state index in [1.54, 1.807) is 7.11 Å². The van der Waals surface area contributed by atoms with E-state index < -0.39 is 0 Å². The van der Waals surface area contributed by atoms with Crippen molar-refractivity contribution in [2.75, 3.05) is 40.0 Å². The van der Waals surface area contributed by atoms with Crippen LogP contribution in [0.4, 0.5) is 0 Å². The molecule has 0 spiro atoms. The van der Waals surface area contributed by atoms with Crippen LogP contribution in [0.15, 0.2) is 0 Å². The Labute approximate surface area is 103 Å². The molecular weight excluding hydrogens is 220 g/mol. The number of hydrogen-bond donors (Lipinski definition) is 2. The predicted molar refractivity (Wildman–Crippen MR) is 65.7 cm³/mol. The molecule has 1 saturated carbocycles. The first-order valence-electron chi connectivity index (χ1n) is 6.30. The van der Waals surface area contributed by atoms with Crippen molar-refractivity contribution in [1.29, 1.82) is 0 Å². The van der Waals surface area contributed by atoms with Crippen LogP contribution in [-0.4, -0.2) is 45.9 Å². The minimum atomic E-state index is -0.227. The maximum Gasteiger partial charge on any atom is 0.227 e. The molecule has 0 unspecified atom stereocenters. The molecule has 0 aromatic heterocycles. The van der Waals surface area contributed by atoms with Crippen molar-refractivity contribution in [2.24, 2.45) is 11.1 Å². The van der Waals surface area contributed by atoms with Gasteiger partial charge in [0.15, 0.2) is 0 Å². The van der Waals surface area contributed by atoms with Crippen LogP contribution < -0.4 is 11.1 Å². The quantitative estimate of drug-likeness (QED) is 0.542. The Kier molecular flexibility index (Phi) is 6.47. The van der Waals surface area contributed by atoms with Gasteiger partial charge in [0.2, 0.25) is 5.91 Å². The smallest absolute Gasteiger partial charge is 0.227 e. The van der Waals surface area contributed by atoms with Crippen LogP contribution in [0.5, 0.6) is 0 Å². The van der Waals surface area contributed by atoms with Crippen LogP contribution in [0.3, 0.4) is 0 Å². The second-order valence-corrected chi connectivity index (χ2v) is 4.55. The summed E-state index contributed by atoms with van der Waals surface area (Å²) in [5.74, 6) is 0.125. The Hall–Kier alpha value is -0.650. The Bertz CT molecular complexity index is 230. The van der Waals surface area contributed by atoms with E-state index in [0.717, 1.165) is 32.3 Å². The third-order valence-electron chi connectivity index (χ3n) is 3.16. The Balaban J connectivity index is 1.89. The van der Waals surface area contributed by atoms with Gasteiger partial charge in [0.05, 0.1) is 18.6 Å². The number of methoxy groups -OCH3 is 1. The van der Waals surface area contributed by atoms with Crippen LogP contribution in [0.2, 0.25) is 0 Å². The maximum atomic E-state index is 11.7. The fourth-order valence-corrected chi connectivity index (χ4v) is 1.64. The monoisotopic (exact) mass is 244 g/mol. The van der Waals surface area contributed by atoms with E-state index in [0.29, 0.717) is 26.3 Å². The molecule has 3 N–H and O–H groups in total. The molecule has 1 aliphatic rings. The van der Waals surface area contributed by atoms with Gasteiger partial charge in [0.25, 0.3) is 0 Å². The molecule has 5 nitrogen and oxygen atoms in total. The molecule has 1 amide bonds. The van der Waals surface area contributed by atoms with E-state index in [9.17, 15) is 4.79 Å². The maximum absolute atomic E-state index is 11.7. The van der Waals surface area contributed by atoms with Gasteiger partial charge in [-0.25, -0.2) is 0 Å². The van der Waals surface area contributed by atoms with Gasteiger partial charge in [-0.3, -0.25) is 4.79 Å². The molecule has 0 saturated heterocycles. The lowest BCUT2D eigenvalue weighted by Crippen LogP contribution is -2.37. The molecule has 100 valence electrons. The van der Waals surface area contributed by atoms with Crippen molar-refractivity contribution in [3.8, 4) is 0 Å². The number of amides is 1. The van der Waals surface area contributed by atoms with Crippen LogP contribution in [0, 0.1) is 5.41 Å². The summed E-state index contributed by atoms with van der Waals surface area (Å²) in [6.45, 7) is 3.18. The van der Waals surface area contributed by atoms with Crippen LogP contribution >= 0.6 is 0 Å². The fraction of sp³-hybridized carbons (Fsp3) is 0.917. The number of nitrogens with two attached hydrogens (primary N) is 1. The highest BCUT2D eigenvalue weighted by Gasteiger charge is 2.48. The molecule has 17 heavy (non-hydrogen) atoms. The molecule has 0 aromatic rings. The zero-order valence-corrected chi connectivity index (χ0v) is 10.7. The zero-order valence-electron chi connectivity index (χ0n) is 10.7. The van der Waals surface area contributed by atoms with Gasteiger partial charge in [0.1, 0.15) is 0 Å². The number of ether oxygens (including phenoxy) is 2. The number of hydrogen-bond acceptors (Lipinski definition) is 4. The van der Waals surface area contributed by atoms with Gasteiger partial charge in [-0.1, -0.05) is 0 Å². The number of carbonyl (C=O) groups is 1. The van der Waals surface area contributed by atoms with Crippen molar-refractivity contribution < 1.29 is 14.3 Å². The average Bonchev–Trinajstić information content (AvgIpc) is 3.13. The summed E-state index contributed by atoms with van der Waals surface area (Å²) in [6.07, 6.45) is 3.78. The lowest BCUT2D eigenvalue weighted by atomic mass is 10.1. The summed E-state index contributed by atoms with van der Waals surface area (Å²) in [5.41, 5.74) is 5.35. The first kappa shape index (κ1) is 14.4.